The number of rotatable bonds is 5. The normalized spacial score (nSPS) is 20.4. The fraction of sp³-hybridized carbons (Fsp3) is 0.833. The van der Waals surface area contributed by atoms with Crippen molar-refractivity contribution in [2.45, 2.75) is 58.4 Å². The summed E-state index contributed by atoms with van der Waals surface area (Å²) in [4.78, 5) is 12.5. The highest BCUT2D eigenvalue weighted by molar-refractivity contribution is 7.80. The Morgan fingerprint density at radius 1 is 1.50 bits per heavy atom. The molecule has 0 aromatic carbocycles. The Morgan fingerprint density at radius 3 is 2.50 bits per heavy atom. The molecule has 1 aliphatic carbocycles. The maximum absolute atomic E-state index is 12.1. The molecule has 0 bridgehead atoms. The summed E-state index contributed by atoms with van der Waals surface area (Å²) in [6.07, 6.45) is 6.06. The van der Waals surface area contributed by atoms with Gasteiger partial charge in [0.1, 0.15) is 0 Å². The lowest BCUT2D eigenvalue weighted by Crippen LogP contribution is -2.48. The van der Waals surface area contributed by atoms with Crippen LogP contribution in [0.1, 0.15) is 52.4 Å². The molecule has 1 atom stereocenters. The van der Waals surface area contributed by atoms with Crippen molar-refractivity contribution in [3.63, 3.8) is 0 Å². The van der Waals surface area contributed by atoms with Gasteiger partial charge in [-0.15, -0.1) is 0 Å². The molecule has 0 aliphatic heterocycles. The standard InChI is InChI=1S/C12H22N2OS/c1-3-6-9(10(13)16)14-11(15)12(2)7-4-5-8-12/h9H,3-8H2,1-2H3,(H2,13,16)(H,14,15). The summed E-state index contributed by atoms with van der Waals surface area (Å²) in [5.74, 6) is 0.122. The number of hydrogen-bond acceptors (Lipinski definition) is 2. The van der Waals surface area contributed by atoms with Crippen LogP contribution in [0, 0.1) is 5.41 Å². The van der Waals surface area contributed by atoms with E-state index in [0.717, 1.165) is 38.5 Å². The molecule has 1 aliphatic rings. The molecule has 0 radical (unpaired) electrons. The van der Waals surface area contributed by atoms with Crippen molar-refractivity contribution in [1.82, 2.24) is 5.32 Å². The molecule has 16 heavy (non-hydrogen) atoms. The molecule has 0 aromatic heterocycles. The van der Waals surface area contributed by atoms with Crippen LogP contribution in [0.25, 0.3) is 0 Å². The van der Waals surface area contributed by atoms with Gasteiger partial charge in [0, 0.05) is 5.41 Å². The lowest BCUT2D eigenvalue weighted by Gasteiger charge is -2.26. The van der Waals surface area contributed by atoms with Crippen LogP contribution in [-0.4, -0.2) is 16.9 Å². The third-order valence-electron chi connectivity index (χ3n) is 3.48. The topological polar surface area (TPSA) is 55.1 Å². The third kappa shape index (κ3) is 3.17. The number of hydrogen-bond donors (Lipinski definition) is 2. The van der Waals surface area contributed by atoms with Crippen LogP contribution in [0.4, 0.5) is 0 Å². The largest absolute Gasteiger partial charge is 0.392 e. The van der Waals surface area contributed by atoms with Gasteiger partial charge >= 0.3 is 0 Å². The molecule has 3 nitrogen and oxygen atoms in total. The highest BCUT2D eigenvalue weighted by Crippen LogP contribution is 2.37. The molecule has 1 rings (SSSR count). The van der Waals surface area contributed by atoms with Gasteiger partial charge in [-0.2, -0.15) is 0 Å². The third-order valence-corrected chi connectivity index (χ3v) is 3.77. The van der Waals surface area contributed by atoms with Crippen LogP contribution in [0.3, 0.4) is 0 Å². The monoisotopic (exact) mass is 242 g/mol. The average Bonchev–Trinajstić information content (AvgIpc) is 2.65. The zero-order valence-corrected chi connectivity index (χ0v) is 11.0. The molecule has 1 fully saturated rings. The first-order chi connectivity index (χ1) is 7.49. The fourth-order valence-corrected chi connectivity index (χ4v) is 2.47. The highest BCUT2D eigenvalue weighted by atomic mass is 32.1. The molecule has 0 heterocycles. The number of nitrogens with one attached hydrogen (secondary N) is 1. The summed E-state index contributed by atoms with van der Waals surface area (Å²) in [6, 6.07) is -0.134. The van der Waals surface area contributed by atoms with Gasteiger partial charge in [-0.3, -0.25) is 4.79 Å². The van der Waals surface area contributed by atoms with Gasteiger partial charge in [0.2, 0.25) is 5.91 Å². The Bertz CT molecular complexity index is 272. The molecule has 92 valence electrons. The summed E-state index contributed by atoms with van der Waals surface area (Å²) in [6.45, 7) is 4.10. The predicted octanol–water partition coefficient (Wildman–Crippen LogP) is 2.14. The molecule has 1 amide bonds. The van der Waals surface area contributed by atoms with Crippen LogP contribution < -0.4 is 11.1 Å². The number of carbonyl (C=O) groups excluding carboxylic acids is 1. The van der Waals surface area contributed by atoms with Crippen LogP contribution in [0.5, 0.6) is 0 Å². The Balaban J connectivity index is 2.57. The van der Waals surface area contributed by atoms with E-state index in [1.807, 2.05) is 6.92 Å². The van der Waals surface area contributed by atoms with Gasteiger partial charge in [-0.1, -0.05) is 45.3 Å². The van der Waals surface area contributed by atoms with E-state index < -0.39 is 0 Å². The maximum Gasteiger partial charge on any atom is 0.226 e. The van der Waals surface area contributed by atoms with Gasteiger partial charge in [-0.05, 0) is 19.3 Å². The van der Waals surface area contributed by atoms with Gasteiger partial charge in [0.15, 0.2) is 0 Å². The Labute approximate surface area is 103 Å². The van der Waals surface area contributed by atoms with E-state index in [0.29, 0.717) is 4.99 Å². The molecule has 0 aromatic rings. The van der Waals surface area contributed by atoms with Crippen molar-refractivity contribution in [2.75, 3.05) is 0 Å². The van der Waals surface area contributed by atoms with E-state index in [9.17, 15) is 4.79 Å². The summed E-state index contributed by atoms with van der Waals surface area (Å²) >= 11 is 4.97. The Kier molecular flexibility index (Phi) is 4.71. The van der Waals surface area contributed by atoms with Crippen molar-refractivity contribution in [3.8, 4) is 0 Å². The summed E-state index contributed by atoms with van der Waals surface area (Å²) in [5.41, 5.74) is 5.43. The van der Waals surface area contributed by atoms with Gasteiger partial charge in [-0.25, -0.2) is 0 Å². The average molecular weight is 242 g/mol. The molecular weight excluding hydrogens is 220 g/mol. The molecule has 4 heteroatoms. The van der Waals surface area contributed by atoms with E-state index >= 15 is 0 Å². The zero-order chi connectivity index (χ0) is 12.2. The van der Waals surface area contributed by atoms with Crippen LogP contribution in [-0.2, 0) is 4.79 Å². The summed E-state index contributed by atoms with van der Waals surface area (Å²) in [7, 11) is 0. The Hall–Kier alpha value is -0.640. The quantitative estimate of drug-likeness (QED) is 0.726. The second-order valence-corrected chi connectivity index (χ2v) is 5.46. The molecule has 1 saturated carbocycles. The zero-order valence-electron chi connectivity index (χ0n) is 10.2. The fourth-order valence-electron chi connectivity index (χ4n) is 2.29. The smallest absolute Gasteiger partial charge is 0.226 e. The van der Waals surface area contributed by atoms with Crippen molar-refractivity contribution < 1.29 is 4.79 Å². The van der Waals surface area contributed by atoms with Crippen molar-refractivity contribution in [1.29, 1.82) is 0 Å². The van der Waals surface area contributed by atoms with Crippen molar-refractivity contribution in [2.24, 2.45) is 11.1 Å². The Morgan fingerprint density at radius 2 is 2.06 bits per heavy atom. The number of carbonyl (C=O) groups is 1. The highest BCUT2D eigenvalue weighted by Gasteiger charge is 2.37. The van der Waals surface area contributed by atoms with Crippen LogP contribution in [0.15, 0.2) is 0 Å². The van der Waals surface area contributed by atoms with E-state index in [-0.39, 0.29) is 17.4 Å². The maximum atomic E-state index is 12.1. The summed E-state index contributed by atoms with van der Waals surface area (Å²) in [5, 5.41) is 2.99. The van der Waals surface area contributed by atoms with E-state index in [2.05, 4.69) is 12.2 Å². The number of amides is 1. The first-order valence-electron chi connectivity index (χ1n) is 6.10. The molecular formula is C12H22N2OS. The second kappa shape index (κ2) is 5.62. The van der Waals surface area contributed by atoms with Crippen LogP contribution in [0.2, 0.25) is 0 Å². The van der Waals surface area contributed by atoms with E-state index in [4.69, 9.17) is 18.0 Å². The minimum absolute atomic E-state index is 0.122. The van der Waals surface area contributed by atoms with E-state index in [1.54, 1.807) is 0 Å². The van der Waals surface area contributed by atoms with Crippen LogP contribution >= 0.6 is 12.2 Å². The second-order valence-electron chi connectivity index (χ2n) is 4.98. The SMILES string of the molecule is CCCC(NC(=O)C1(C)CCCC1)C(N)=S. The molecule has 1 unspecified atom stereocenters. The lowest BCUT2D eigenvalue weighted by molar-refractivity contribution is -0.130. The van der Waals surface area contributed by atoms with Gasteiger partial charge < -0.3 is 11.1 Å². The molecule has 3 N–H and O–H groups in total. The summed E-state index contributed by atoms with van der Waals surface area (Å²) < 4.78 is 0. The predicted molar refractivity (Wildman–Crippen MR) is 70.2 cm³/mol. The van der Waals surface area contributed by atoms with E-state index in [1.165, 1.54) is 0 Å². The molecule has 0 saturated heterocycles. The number of thiocarbonyl (C=S) groups is 1. The van der Waals surface area contributed by atoms with Crippen molar-refractivity contribution in [3.05, 3.63) is 0 Å². The first kappa shape index (κ1) is 13.4. The van der Waals surface area contributed by atoms with Gasteiger partial charge in [0.25, 0.3) is 0 Å². The lowest BCUT2D eigenvalue weighted by atomic mass is 9.87. The minimum atomic E-state index is -0.198. The number of nitrogens with two attached hydrogens (primary N) is 1. The van der Waals surface area contributed by atoms with Gasteiger partial charge in [0.05, 0.1) is 11.0 Å². The first-order valence-corrected chi connectivity index (χ1v) is 6.50. The minimum Gasteiger partial charge on any atom is -0.392 e. The van der Waals surface area contributed by atoms with Crippen molar-refractivity contribution >= 4 is 23.1 Å². The molecule has 0 spiro atoms.